The van der Waals surface area contributed by atoms with Crippen molar-refractivity contribution >= 4 is 5.91 Å². The van der Waals surface area contributed by atoms with Gasteiger partial charge in [-0.25, -0.2) is 0 Å². The van der Waals surface area contributed by atoms with Crippen LogP contribution in [0.15, 0.2) is 24.3 Å². The number of methoxy groups -OCH3 is 2. The van der Waals surface area contributed by atoms with Gasteiger partial charge in [-0.1, -0.05) is 6.07 Å². The van der Waals surface area contributed by atoms with E-state index in [1.54, 1.807) is 38.5 Å². The SMILES string of the molecule is COCC(C)(C)NC(=O)c1cccc(OC)c1. The van der Waals surface area contributed by atoms with Crippen LogP contribution in [0.3, 0.4) is 0 Å². The number of benzene rings is 1. The van der Waals surface area contributed by atoms with Crippen LogP contribution in [0.2, 0.25) is 0 Å². The highest BCUT2D eigenvalue weighted by Gasteiger charge is 2.21. The van der Waals surface area contributed by atoms with Gasteiger partial charge in [0.1, 0.15) is 5.75 Å². The average molecular weight is 237 g/mol. The Morgan fingerprint density at radius 3 is 2.65 bits per heavy atom. The molecule has 1 N–H and O–H groups in total. The second kappa shape index (κ2) is 5.68. The maximum absolute atomic E-state index is 12.0. The second-order valence-corrected chi connectivity index (χ2v) is 4.50. The Hall–Kier alpha value is -1.55. The van der Waals surface area contributed by atoms with Crippen LogP contribution in [0.5, 0.6) is 5.75 Å². The topological polar surface area (TPSA) is 47.6 Å². The predicted molar refractivity (Wildman–Crippen MR) is 66.4 cm³/mol. The summed E-state index contributed by atoms with van der Waals surface area (Å²) in [5.74, 6) is 0.535. The fourth-order valence-electron chi connectivity index (χ4n) is 1.54. The van der Waals surface area contributed by atoms with Crippen molar-refractivity contribution in [2.45, 2.75) is 19.4 Å². The monoisotopic (exact) mass is 237 g/mol. The largest absolute Gasteiger partial charge is 0.497 e. The minimum absolute atomic E-state index is 0.133. The van der Waals surface area contributed by atoms with Gasteiger partial charge in [-0.15, -0.1) is 0 Å². The highest BCUT2D eigenvalue weighted by atomic mass is 16.5. The third-order valence-electron chi connectivity index (χ3n) is 2.29. The summed E-state index contributed by atoms with van der Waals surface area (Å²) < 4.78 is 10.1. The Balaban J connectivity index is 2.75. The number of rotatable bonds is 5. The van der Waals surface area contributed by atoms with Crippen LogP contribution in [0, 0.1) is 0 Å². The fraction of sp³-hybridized carbons (Fsp3) is 0.462. The van der Waals surface area contributed by atoms with Crippen molar-refractivity contribution in [3.63, 3.8) is 0 Å². The molecule has 17 heavy (non-hydrogen) atoms. The molecule has 4 nitrogen and oxygen atoms in total. The van der Waals surface area contributed by atoms with Crippen molar-refractivity contribution in [1.82, 2.24) is 5.32 Å². The van der Waals surface area contributed by atoms with Crippen LogP contribution < -0.4 is 10.1 Å². The lowest BCUT2D eigenvalue weighted by atomic mass is 10.1. The molecule has 1 rings (SSSR count). The minimum atomic E-state index is -0.394. The molecule has 0 aliphatic heterocycles. The van der Waals surface area contributed by atoms with Gasteiger partial charge in [0.15, 0.2) is 0 Å². The quantitative estimate of drug-likeness (QED) is 0.850. The maximum atomic E-state index is 12.0. The van der Waals surface area contributed by atoms with Crippen molar-refractivity contribution in [1.29, 1.82) is 0 Å². The molecule has 4 heteroatoms. The molecular weight excluding hydrogens is 218 g/mol. The fourth-order valence-corrected chi connectivity index (χ4v) is 1.54. The molecule has 0 saturated carbocycles. The Labute approximate surface area is 102 Å². The molecule has 0 atom stereocenters. The van der Waals surface area contributed by atoms with Crippen LogP contribution in [-0.4, -0.2) is 32.3 Å². The Morgan fingerprint density at radius 2 is 2.06 bits per heavy atom. The lowest BCUT2D eigenvalue weighted by Gasteiger charge is -2.25. The molecule has 0 radical (unpaired) electrons. The first-order valence-electron chi connectivity index (χ1n) is 5.44. The molecule has 1 aromatic rings. The molecule has 1 aromatic carbocycles. The zero-order chi connectivity index (χ0) is 12.9. The standard InChI is InChI=1S/C13H19NO3/c1-13(2,9-16-3)14-12(15)10-6-5-7-11(8-10)17-4/h5-8H,9H2,1-4H3,(H,14,15). The maximum Gasteiger partial charge on any atom is 0.251 e. The van der Waals surface area contributed by atoms with Crippen LogP contribution in [0.1, 0.15) is 24.2 Å². The van der Waals surface area contributed by atoms with Gasteiger partial charge < -0.3 is 14.8 Å². The van der Waals surface area contributed by atoms with E-state index in [-0.39, 0.29) is 5.91 Å². The summed E-state index contributed by atoms with van der Waals surface area (Å²) in [7, 11) is 3.19. The molecule has 0 aliphatic rings. The zero-order valence-electron chi connectivity index (χ0n) is 10.7. The van der Waals surface area contributed by atoms with E-state index >= 15 is 0 Å². The molecule has 0 heterocycles. The Kier molecular flexibility index (Phi) is 4.52. The number of nitrogens with one attached hydrogen (secondary N) is 1. The number of carbonyl (C=O) groups excluding carboxylic acids is 1. The lowest BCUT2D eigenvalue weighted by Crippen LogP contribution is -2.46. The third-order valence-corrected chi connectivity index (χ3v) is 2.29. The van der Waals surface area contributed by atoms with Gasteiger partial charge in [0.05, 0.1) is 19.3 Å². The van der Waals surface area contributed by atoms with E-state index < -0.39 is 5.54 Å². The number of hydrogen-bond donors (Lipinski definition) is 1. The molecule has 94 valence electrons. The molecule has 0 saturated heterocycles. The van der Waals surface area contributed by atoms with Crippen LogP contribution in [-0.2, 0) is 4.74 Å². The average Bonchev–Trinajstić information content (AvgIpc) is 2.28. The van der Waals surface area contributed by atoms with E-state index in [0.29, 0.717) is 17.9 Å². The molecule has 1 amide bonds. The second-order valence-electron chi connectivity index (χ2n) is 4.50. The van der Waals surface area contributed by atoms with Gasteiger partial charge in [-0.2, -0.15) is 0 Å². The number of amides is 1. The van der Waals surface area contributed by atoms with Crippen LogP contribution >= 0.6 is 0 Å². The van der Waals surface area contributed by atoms with Crippen LogP contribution in [0.25, 0.3) is 0 Å². The Morgan fingerprint density at radius 1 is 1.35 bits per heavy atom. The first-order valence-corrected chi connectivity index (χ1v) is 5.44. The summed E-state index contributed by atoms with van der Waals surface area (Å²) in [5.41, 5.74) is 0.183. The van der Waals surface area contributed by atoms with E-state index in [9.17, 15) is 4.79 Å². The molecule has 0 spiro atoms. The van der Waals surface area contributed by atoms with Crippen molar-refractivity contribution in [2.24, 2.45) is 0 Å². The van der Waals surface area contributed by atoms with E-state index in [1.807, 2.05) is 13.8 Å². The molecular formula is C13H19NO3. The van der Waals surface area contributed by atoms with Crippen molar-refractivity contribution in [2.75, 3.05) is 20.8 Å². The predicted octanol–water partition coefficient (Wildman–Crippen LogP) is 1.85. The molecule has 0 fully saturated rings. The summed E-state index contributed by atoms with van der Waals surface area (Å²) in [6.45, 7) is 4.28. The molecule has 0 aliphatic carbocycles. The number of hydrogen-bond acceptors (Lipinski definition) is 3. The molecule has 0 aromatic heterocycles. The van der Waals surface area contributed by atoms with Gasteiger partial charge in [0, 0.05) is 12.7 Å². The first-order chi connectivity index (χ1) is 7.98. The van der Waals surface area contributed by atoms with E-state index in [0.717, 1.165) is 0 Å². The zero-order valence-corrected chi connectivity index (χ0v) is 10.7. The lowest BCUT2D eigenvalue weighted by molar-refractivity contribution is 0.0819. The van der Waals surface area contributed by atoms with Crippen molar-refractivity contribution in [3.05, 3.63) is 29.8 Å². The van der Waals surface area contributed by atoms with Crippen molar-refractivity contribution < 1.29 is 14.3 Å². The summed E-state index contributed by atoms with van der Waals surface area (Å²) in [6, 6.07) is 7.05. The van der Waals surface area contributed by atoms with E-state index in [2.05, 4.69) is 5.32 Å². The third kappa shape index (κ3) is 4.07. The summed E-state index contributed by atoms with van der Waals surface area (Å²) in [6.07, 6.45) is 0. The molecule has 0 unspecified atom stereocenters. The Bertz CT molecular complexity index is 388. The molecule has 0 bridgehead atoms. The summed E-state index contributed by atoms with van der Waals surface area (Å²) in [4.78, 5) is 12.0. The number of ether oxygens (including phenoxy) is 2. The van der Waals surface area contributed by atoms with E-state index in [4.69, 9.17) is 9.47 Å². The highest BCUT2D eigenvalue weighted by molar-refractivity contribution is 5.95. The van der Waals surface area contributed by atoms with Gasteiger partial charge in [0.25, 0.3) is 5.91 Å². The van der Waals surface area contributed by atoms with Gasteiger partial charge in [-0.05, 0) is 32.0 Å². The van der Waals surface area contributed by atoms with Gasteiger partial charge >= 0.3 is 0 Å². The normalized spacial score (nSPS) is 11.1. The number of carbonyl (C=O) groups is 1. The van der Waals surface area contributed by atoms with Gasteiger partial charge in [-0.3, -0.25) is 4.79 Å². The first kappa shape index (κ1) is 13.5. The summed E-state index contributed by atoms with van der Waals surface area (Å²) in [5, 5.41) is 2.91. The van der Waals surface area contributed by atoms with Gasteiger partial charge in [0.2, 0.25) is 0 Å². The van der Waals surface area contributed by atoms with Crippen molar-refractivity contribution in [3.8, 4) is 5.75 Å². The smallest absolute Gasteiger partial charge is 0.251 e. The van der Waals surface area contributed by atoms with E-state index in [1.165, 1.54) is 0 Å². The minimum Gasteiger partial charge on any atom is -0.497 e. The highest BCUT2D eigenvalue weighted by Crippen LogP contribution is 2.13. The van der Waals surface area contributed by atoms with Crippen LogP contribution in [0.4, 0.5) is 0 Å². The summed E-state index contributed by atoms with van der Waals surface area (Å²) >= 11 is 0.